The van der Waals surface area contributed by atoms with Gasteiger partial charge < -0.3 is 10.1 Å². The molecule has 6 nitrogen and oxygen atoms in total. The maximum Gasteiger partial charge on any atom is 0.251 e. The zero-order valence-electron chi connectivity index (χ0n) is 13.4. The van der Waals surface area contributed by atoms with E-state index < -0.39 is 10.0 Å². The van der Waals surface area contributed by atoms with Crippen LogP contribution in [0.25, 0.3) is 0 Å². The van der Waals surface area contributed by atoms with Gasteiger partial charge in [-0.1, -0.05) is 0 Å². The normalized spacial score (nSPS) is 14.3. The summed E-state index contributed by atoms with van der Waals surface area (Å²) in [6, 6.07) is 6.30. The lowest BCUT2D eigenvalue weighted by molar-refractivity contribution is 0.0951. The van der Waals surface area contributed by atoms with Crippen molar-refractivity contribution in [3.63, 3.8) is 0 Å². The highest BCUT2D eigenvalue weighted by atomic mass is 79.9. The van der Waals surface area contributed by atoms with E-state index in [1.54, 1.807) is 6.07 Å². The van der Waals surface area contributed by atoms with Gasteiger partial charge in [0.05, 0.1) is 13.7 Å². The molecule has 0 aliphatic heterocycles. The summed E-state index contributed by atoms with van der Waals surface area (Å²) in [6.45, 7) is 0.379. The highest BCUT2D eigenvalue weighted by Crippen LogP contribution is 2.28. The number of hydrogen-bond acceptors (Lipinski definition) is 5. The number of amides is 1. The first kappa shape index (κ1) is 18.4. The molecule has 1 saturated carbocycles. The number of hydrogen-bond donors (Lipinski definition) is 2. The van der Waals surface area contributed by atoms with E-state index in [1.165, 1.54) is 30.6 Å². The van der Waals surface area contributed by atoms with Crippen LogP contribution in [0.15, 0.2) is 39.0 Å². The number of benzene rings is 1. The lowest BCUT2D eigenvalue weighted by Crippen LogP contribution is -2.27. The quantitative estimate of drug-likeness (QED) is 0.687. The molecule has 1 aromatic carbocycles. The second-order valence-corrected chi connectivity index (χ2v) is 9.27. The van der Waals surface area contributed by atoms with E-state index in [1.807, 2.05) is 11.4 Å². The first-order chi connectivity index (χ1) is 11.9. The minimum absolute atomic E-state index is 0.0200. The van der Waals surface area contributed by atoms with Crippen LogP contribution in [0.3, 0.4) is 0 Å². The van der Waals surface area contributed by atoms with E-state index in [0.29, 0.717) is 6.54 Å². The van der Waals surface area contributed by atoms with Crippen molar-refractivity contribution in [1.82, 2.24) is 10.0 Å². The van der Waals surface area contributed by atoms with Gasteiger partial charge in [0.25, 0.3) is 5.91 Å². The van der Waals surface area contributed by atoms with Crippen LogP contribution in [0.1, 0.15) is 28.1 Å². The molecule has 1 aromatic heterocycles. The third-order valence-electron chi connectivity index (χ3n) is 3.66. The fraction of sp³-hybridized carbons (Fsp3) is 0.312. The van der Waals surface area contributed by atoms with Crippen LogP contribution in [0, 0.1) is 0 Å². The molecule has 1 heterocycles. The summed E-state index contributed by atoms with van der Waals surface area (Å²) < 4.78 is 33.7. The zero-order chi connectivity index (χ0) is 18.0. The molecule has 0 atom stereocenters. The van der Waals surface area contributed by atoms with Gasteiger partial charge in [0.2, 0.25) is 10.0 Å². The number of rotatable bonds is 7. The molecule has 1 amide bonds. The Bertz CT molecular complexity index is 891. The highest BCUT2D eigenvalue weighted by Gasteiger charge is 2.30. The summed E-state index contributed by atoms with van der Waals surface area (Å²) in [6.07, 6.45) is 1.66. The van der Waals surface area contributed by atoms with Crippen molar-refractivity contribution in [1.29, 1.82) is 0 Å². The van der Waals surface area contributed by atoms with Gasteiger partial charge in [-0.15, -0.1) is 11.3 Å². The summed E-state index contributed by atoms with van der Waals surface area (Å²) in [7, 11) is -2.32. The molecule has 2 aromatic rings. The molecule has 1 fully saturated rings. The summed E-state index contributed by atoms with van der Waals surface area (Å²) in [5.41, 5.74) is 0.271. The molecular weight excluding hydrogens is 428 g/mol. The molecule has 0 saturated heterocycles. The predicted molar refractivity (Wildman–Crippen MR) is 99.5 cm³/mol. The van der Waals surface area contributed by atoms with E-state index in [2.05, 4.69) is 26.0 Å². The standard InChI is InChI=1S/C16H17BrN2O4S2/c1-23-14-5-2-10(6-15(14)25(21,22)19-12-3-4-12)16(20)18-8-13-7-11(17)9-24-13/h2,5-7,9,12,19H,3-4,8H2,1H3,(H,18,20). The third-order valence-corrected chi connectivity index (χ3v) is 6.90. The molecular formula is C16H17BrN2O4S2. The van der Waals surface area contributed by atoms with E-state index in [9.17, 15) is 13.2 Å². The SMILES string of the molecule is COc1ccc(C(=O)NCc2cc(Br)cs2)cc1S(=O)(=O)NC1CC1. The Morgan fingerprint density at radius 2 is 2.12 bits per heavy atom. The number of methoxy groups -OCH3 is 1. The largest absolute Gasteiger partial charge is 0.495 e. The Morgan fingerprint density at radius 3 is 2.72 bits per heavy atom. The van der Waals surface area contributed by atoms with E-state index in [4.69, 9.17) is 4.74 Å². The fourth-order valence-electron chi connectivity index (χ4n) is 2.23. The number of ether oxygens (including phenoxy) is 1. The van der Waals surface area contributed by atoms with Crippen LogP contribution in [-0.4, -0.2) is 27.5 Å². The maximum absolute atomic E-state index is 12.5. The van der Waals surface area contributed by atoms with Crippen LogP contribution < -0.4 is 14.8 Å². The second-order valence-electron chi connectivity index (χ2n) is 5.68. The van der Waals surface area contributed by atoms with Crippen molar-refractivity contribution in [2.24, 2.45) is 0 Å². The molecule has 2 N–H and O–H groups in total. The average Bonchev–Trinajstić information content (AvgIpc) is 3.29. The van der Waals surface area contributed by atoms with Gasteiger partial charge in [0, 0.05) is 26.3 Å². The number of thiophene rings is 1. The Labute approximate surface area is 158 Å². The van der Waals surface area contributed by atoms with E-state index >= 15 is 0 Å². The Morgan fingerprint density at radius 1 is 1.36 bits per heavy atom. The monoisotopic (exact) mass is 444 g/mol. The van der Waals surface area contributed by atoms with Crippen molar-refractivity contribution in [3.8, 4) is 5.75 Å². The van der Waals surface area contributed by atoms with Gasteiger partial charge in [-0.3, -0.25) is 4.79 Å². The molecule has 25 heavy (non-hydrogen) atoms. The topological polar surface area (TPSA) is 84.5 Å². The van der Waals surface area contributed by atoms with Gasteiger partial charge in [0.15, 0.2) is 0 Å². The molecule has 1 aliphatic rings. The average molecular weight is 445 g/mol. The minimum Gasteiger partial charge on any atom is -0.495 e. The summed E-state index contributed by atoms with van der Waals surface area (Å²) in [5.74, 6) is -0.123. The Kier molecular flexibility index (Phi) is 5.47. The van der Waals surface area contributed by atoms with Gasteiger partial charge in [0.1, 0.15) is 10.6 Å². The van der Waals surface area contributed by atoms with Crippen molar-refractivity contribution in [2.45, 2.75) is 30.3 Å². The van der Waals surface area contributed by atoms with Crippen LogP contribution in [0.4, 0.5) is 0 Å². The third kappa shape index (κ3) is 4.60. The van der Waals surface area contributed by atoms with Crippen LogP contribution in [0.2, 0.25) is 0 Å². The van der Waals surface area contributed by atoms with E-state index in [-0.39, 0.29) is 28.2 Å². The number of sulfonamides is 1. The molecule has 0 radical (unpaired) electrons. The lowest BCUT2D eigenvalue weighted by Gasteiger charge is -2.12. The highest BCUT2D eigenvalue weighted by molar-refractivity contribution is 9.10. The molecule has 0 unspecified atom stereocenters. The number of carbonyl (C=O) groups excluding carboxylic acids is 1. The second kappa shape index (κ2) is 7.45. The molecule has 134 valence electrons. The zero-order valence-corrected chi connectivity index (χ0v) is 16.6. The molecule has 0 bridgehead atoms. The van der Waals surface area contributed by atoms with Gasteiger partial charge in [-0.05, 0) is 53.0 Å². The van der Waals surface area contributed by atoms with Crippen LogP contribution in [0.5, 0.6) is 5.75 Å². The predicted octanol–water partition coefficient (Wildman–Crippen LogP) is 2.89. The Balaban J connectivity index is 1.79. The van der Waals surface area contributed by atoms with Crippen molar-refractivity contribution in [3.05, 3.63) is 44.6 Å². The first-order valence-electron chi connectivity index (χ1n) is 7.60. The van der Waals surface area contributed by atoms with Crippen molar-refractivity contribution < 1.29 is 17.9 Å². The summed E-state index contributed by atoms with van der Waals surface area (Å²) >= 11 is 4.89. The fourth-order valence-corrected chi connectivity index (χ4v) is 5.12. The Hall–Kier alpha value is -1.42. The van der Waals surface area contributed by atoms with E-state index in [0.717, 1.165) is 22.2 Å². The number of carbonyl (C=O) groups is 1. The molecule has 0 spiro atoms. The van der Waals surface area contributed by atoms with Crippen LogP contribution in [-0.2, 0) is 16.6 Å². The van der Waals surface area contributed by atoms with Crippen LogP contribution >= 0.6 is 27.3 Å². The molecule has 3 rings (SSSR count). The van der Waals surface area contributed by atoms with Gasteiger partial charge in [-0.25, -0.2) is 13.1 Å². The van der Waals surface area contributed by atoms with Gasteiger partial charge >= 0.3 is 0 Å². The molecule has 9 heteroatoms. The summed E-state index contributed by atoms with van der Waals surface area (Å²) in [5, 5.41) is 4.73. The maximum atomic E-state index is 12.5. The number of halogens is 1. The number of nitrogens with one attached hydrogen (secondary N) is 2. The summed E-state index contributed by atoms with van der Waals surface area (Å²) in [4.78, 5) is 13.3. The lowest BCUT2D eigenvalue weighted by atomic mass is 10.2. The minimum atomic E-state index is -3.72. The molecule has 1 aliphatic carbocycles. The van der Waals surface area contributed by atoms with Crippen molar-refractivity contribution >= 4 is 43.2 Å². The van der Waals surface area contributed by atoms with Gasteiger partial charge in [-0.2, -0.15) is 0 Å². The smallest absolute Gasteiger partial charge is 0.251 e. The van der Waals surface area contributed by atoms with Crippen molar-refractivity contribution in [2.75, 3.05) is 7.11 Å². The first-order valence-corrected chi connectivity index (χ1v) is 10.8.